The Labute approximate surface area is 166 Å². The van der Waals surface area contributed by atoms with E-state index in [1.54, 1.807) is 48.5 Å². The van der Waals surface area contributed by atoms with Crippen LogP contribution in [-0.2, 0) is 9.59 Å². The van der Waals surface area contributed by atoms with E-state index in [9.17, 15) is 9.59 Å². The van der Waals surface area contributed by atoms with Crippen molar-refractivity contribution in [1.29, 1.82) is 0 Å². The van der Waals surface area contributed by atoms with Crippen LogP contribution in [0.15, 0.2) is 78.3 Å². The molecule has 0 bridgehead atoms. The van der Waals surface area contributed by atoms with Crippen molar-refractivity contribution in [2.75, 3.05) is 0 Å². The van der Waals surface area contributed by atoms with E-state index >= 15 is 0 Å². The van der Waals surface area contributed by atoms with Gasteiger partial charge in [0.1, 0.15) is 11.5 Å². The molecule has 7 heteroatoms. The predicted octanol–water partition coefficient (Wildman–Crippen LogP) is 3.32. The smallest absolute Gasteiger partial charge is 0.335 e. The summed E-state index contributed by atoms with van der Waals surface area (Å²) in [7, 11) is 0. The lowest BCUT2D eigenvalue weighted by atomic mass is 10.2. The minimum Gasteiger partial charge on any atom is -0.423 e. The number of ether oxygens (including phenoxy) is 2. The number of rotatable bonds is 5. The molecule has 0 fully saturated rings. The summed E-state index contributed by atoms with van der Waals surface area (Å²) in [5, 5.41) is 7.84. The molecule has 29 heavy (non-hydrogen) atoms. The van der Waals surface area contributed by atoms with Crippen molar-refractivity contribution in [3.63, 3.8) is 0 Å². The highest BCUT2D eigenvalue weighted by Crippen LogP contribution is 2.21. The second kappa shape index (κ2) is 8.97. The molecule has 0 unspecified atom stereocenters. The van der Waals surface area contributed by atoms with Crippen LogP contribution in [0.5, 0.6) is 11.5 Å². The summed E-state index contributed by atoms with van der Waals surface area (Å²) < 4.78 is 15.5. The summed E-state index contributed by atoms with van der Waals surface area (Å²) in [5.41, 5.74) is 1.33. The molecule has 2 aromatic carbocycles. The fraction of sp³-hybridized carbons (Fsp3) is 0. The maximum atomic E-state index is 11.2. The summed E-state index contributed by atoms with van der Waals surface area (Å²) in [6.07, 6.45) is 2.17. The molecular weight excluding hydrogens is 372 g/mol. The molecule has 0 aliphatic rings. The third kappa shape index (κ3) is 5.28. The van der Waals surface area contributed by atoms with E-state index in [1.165, 1.54) is 0 Å². The van der Waals surface area contributed by atoms with Crippen LogP contribution >= 0.6 is 0 Å². The van der Waals surface area contributed by atoms with Crippen molar-refractivity contribution in [1.82, 2.24) is 10.2 Å². The topological polar surface area (TPSA) is 91.5 Å². The molecule has 3 rings (SSSR count). The van der Waals surface area contributed by atoms with E-state index in [4.69, 9.17) is 13.9 Å². The predicted molar refractivity (Wildman–Crippen MR) is 104 cm³/mol. The number of hydrogen-bond donors (Lipinski definition) is 0. The van der Waals surface area contributed by atoms with Gasteiger partial charge < -0.3 is 13.9 Å². The van der Waals surface area contributed by atoms with Gasteiger partial charge in [0.25, 0.3) is 5.89 Å². The number of aromatic nitrogens is 2. The number of carbonyl (C=O) groups excluding carboxylic acids is 2. The molecule has 0 atom stereocenters. The number of hydrogen-bond acceptors (Lipinski definition) is 7. The number of benzene rings is 2. The van der Waals surface area contributed by atoms with Gasteiger partial charge in [0.15, 0.2) is 0 Å². The SMILES string of the molecule is C=CC(=O)Oc1ccc(C#Cc2nnc(-c3ccc(OC(=O)C=C)cc3)o2)cc1. The summed E-state index contributed by atoms with van der Waals surface area (Å²) in [6.45, 7) is 6.68. The highest BCUT2D eigenvalue weighted by Gasteiger charge is 2.08. The standard InChI is InChI=1S/C22H14N2O5/c1-3-20(25)27-17-10-5-15(6-11-17)7-14-19-23-24-22(29-19)16-8-12-18(13-9-16)28-21(26)4-2/h3-6,8-13H,1-2H2. The van der Waals surface area contributed by atoms with Gasteiger partial charge in [0.05, 0.1) is 0 Å². The molecule has 0 aliphatic heterocycles. The van der Waals surface area contributed by atoms with Crippen LogP contribution in [0.1, 0.15) is 11.5 Å². The number of esters is 2. The maximum Gasteiger partial charge on any atom is 0.335 e. The molecule has 1 heterocycles. The van der Waals surface area contributed by atoms with Crippen molar-refractivity contribution in [3.8, 4) is 34.8 Å². The quantitative estimate of drug-likeness (QED) is 0.287. The number of carbonyl (C=O) groups is 2. The largest absolute Gasteiger partial charge is 0.423 e. The van der Waals surface area contributed by atoms with Gasteiger partial charge in [-0.25, -0.2) is 9.59 Å². The summed E-state index contributed by atoms with van der Waals surface area (Å²) in [4.78, 5) is 22.3. The van der Waals surface area contributed by atoms with E-state index < -0.39 is 11.9 Å². The Hall–Kier alpha value is -4.44. The van der Waals surface area contributed by atoms with Crippen LogP contribution < -0.4 is 9.47 Å². The van der Waals surface area contributed by atoms with Gasteiger partial charge in [-0.3, -0.25) is 0 Å². The van der Waals surface area contributed by atoms with E-state index in [1.807, 2.05) is 0 Å². The molecule has 0 radical (unpaired) electrons. The second-order valence-electron chi connectivity index (χ2n) is 5.46. The Morgan fingerprint density at radius 1 is 0.828 bits per heavy atom. The zero-order valence-electron chi connectivity index (χ0n) is 15.1. The highest BCUT2D eigenvalue weighted by molar-refractivity contribution is 5.83. The molecular formula is C22H14N2O5. The van der Waals surface area contributed by atoms with Crippen LogP contribution in [0.25, 0.3) is 11.5 Å². The van der Waals surface area contributed by atoms with Gasteiger partial charge >= 0.3 is 11.9 Å². The fourth-order valence-corrected chi connectivity index (χ4v) is 2.10. The van der Waals surface area contributed by atoms with E-state index in [0.29, 0.717) is 22.6 Å². The van der Waals surface area contributed by atoms with Crippen LogP contribution in [0.3, 0.4) is 0 Å². The van der Waals surface area contributed by atoms with Gasteiger partial charge in [-0.05, 0) is 54.5 Å². The molecule has 0 N–H and O–H groups in total. The summed E-state index contributed by atoms with van der Waals surface area (Å²) >= 11 is 0. The first-order valence-electron chi connectivity index (χ1n) is 8.32. The highest BCUT2D eigenvalue weighted by atomic mass is 16.5. The van der Waals surface area contributed by atoms with Crippen molar-refractivity contribution >= 4 is 11.9 Å². The first-order valence-corrected chi connectivity index (χ1v) is 8.32. The molecule has 1 aromatic heterocycles. The van der Waals surface area contributed by atoms with E-state index in [2.05, 4.69) is 35.2 Å². The van der Waals surface area contributed by atoms with E-state index in [0.717, 1.165) is 12.2 Å². The lowest BCUT2D eigenvalue weighted by Crippen LogP contribution is -2.02. The molecule has 7 nitrogen and oxygen atoms in total. The van der Waals surface area contributed by atoms with Gasteiger partial charge in [-0.1, -0.05) is 24.2 Å². The third-order valence-corrected chi connectivity index (χ3v) is 3.46. The average Bonchev–Trinajstić information content (AvgIpc) is 3.22. The van der Waals surface area contributed by atoms with Gasteiger partial charge in [0.2, 0.25) is 5.89 Å². The molecule has 0 saturated carbocycles. The maximum absolute atomic E-state index is 11.2. The zero-order chi connectivity index (χ0) is 20.6. The monoisotopic (exact) mass is 386 g/mol. The average molecular weight is 386 g/mol. The Bertz CT molecular complexity index is 1120. The van der Waals surface area contributed by atoms with Gasteiger partial charge in [-0.2, -0.15) is 0 Å². The zero-order valence-corrected chi connectivity index (χ0v) is 15.1. The molecule has 0 amide bonds. The lowest BCUT2D eigenvalue weighted by Gasteiger charge is -2.01. The van der Waals surface area contributed by atoms with Crippen molar-refractivity contribution < 1.29 is 23.5 Å². The Morgan fingerprint density at radius 2 is 1.38 bits per heavy atom. The molecule has 0 spiro atoms. The van der Waals surface area contributed by atoms with Gasteiger partial charge in [0, 0.05) is 23.3 Å². The second-order valence-corrected chi connectivity index (χ2v) is 5.46. The van der Waals surface area contributed by atoms with Crippen LogP contribution in [0.2, 0.25) is 0 Å². The van der Waals surface area contributed by atoms with Crippen LogP contribution in [-0.4, -0.2) is 22.1 Å². The van der Waals surface area contributed by atoms with Gasteiger partial charge in [-0.15, -0.1) is 5.10 Å². The van der Waals surface area contributed by atoms with E-state index in [-0.39, 0.29) is 11.8 Å². The summed E-state index contributed by atoms with van der Waals surface area (Å²) in [6, 6.07) is 13.2. The molecule has 3 aromatic rings. The van der Waals surface area contributed by atoms with Crippen molar-refractivity contribution in [3.05, 3.63) is 85.3 Å². The Kier molecular flexibility index (Phi) is 5.98. The summed E-state index contributed by atoms with van der Waals surface area (Å²) in [5.74, 6) is 5.77. The van der Waals surface area contributed by atoms with Crippen LogP contribution in [0.4, 0.5) is 0 Å². The Balaban J connectivity index is 1.68. The van der Waals surface area contributed by atoms with Crippen LogP contribution in [0, 0.1) is 11.8 Å². The minimum atomic E-state index is -0.542. The normalized spacial score (nSPS) is 9.66. The van der Waals surface area contributed by atoms with Crippen molar-refractivity contribution in [2.24, 2.45) is 0 Å². The minimum absolute atomic E-state index is 0.143. The first kappa shape index (κ1) is 19.3. The fourth-order valence-electron chi connectivity index (χ4n) is 2.10. The first-order chi connectivity index (χ1) is 14.1. The van der Waals surface area contributed by atoms with Crippen molar-refractivity contribution in [2.45, 2.75) is 0 Å². The molecule has 0 saturated heterocycles. The third-order valence-electron chi connectivity index (χ3n) is 3.46. The molecule has 142 valence electrons. The lowest BCUT2D eigenvalue weighted by molar-refractivity contribution is -0.129. The molecule has 0 aliphatic carbocycles. The Morgan fingerprint density at radius 3 is 1.93 bits per heavy atom. The number of nitrogens with zero attached hydrogens (tertiary/aromatic N) is 2.